The van der Waals surface area contributed by atoms with E-state index in [-0.39, 0.29) is 10.5 Å². The van der Waals surface area contributed by atoms with E-state index in [0.29, 0.717) is 5.69 Å². The summed E-state index contributed by atoms with van der Waals surface area (Å²) in [5.41, 5.74) is 1.36. The van der Waals surface area contributed by atoms with Crippen molar-refractivity contribution in [2.45, 2.75) is 25.3 Å². The zero-order valence-corrected chi connectivity index (χ0v) is 11.6. The first-order valence-electron chi connectivity index (χ1n) is 6.12. The first kappa shape index (κ1) is 12.7. The maximum atomic E-state index is 13.7. The van der Waals surface area contributed by atoms with Gasteiger partial charge in [0.25, 0.3) is 0 Å². The lowest BCUT2D eigenvalue weighted by Crippen LogP contribution is -2.16. The Kier molecular flexibility index (Phi) is 3.31. The third-order valence-electron chi connectivity index (χ3n) is 3.39. The molecule has 1 aromatic heterocycles. The topological polar surface area (TPSA) is 25.2 Å². The van der Waals surface area contributed by atoms with Gasteiger partial charge in [-0.2, -0.15) is 0 Å². The number of hydrogen-bond acceptors (Lipinski definition) is 2. The number of furan rings is 1. The Morgan fingerprint density at radius 1 is 1.26 bits per heavy atom. The number of halogens is 3. The molecule has 1 unspecified atom stereocenters. The Labute approximate surface area is 117 Å². The molecule has 1 heterocycles. The number of benzene rings is 1. The molecule has 3 rings (SSSR count). The fourth-order valence-electron chi connectivity index (χ4n) is 2.46. The summed E-state index contributed by atoms with van der Waals surface area (Å²) in [6.07, 6.45) is 4.46. The molecule has 1 N–H and O–H groups in total. The maximum absolute atomic E-state index is 13.7. The van der Waals surface area contributed by atoms with Gasteiger partial charge in [0.2, 0.25) is 0 Å². The highest BCUT2D eigenvalue weighted by Gasteiger charge is 2.23. The summed E-state index contributed by atoms with van der Waals surface area (Å²) in [6.45, 7) is 0. The second-order valence-corrected chi connectivity index (χ2v) is 5.49. The van der Waals surface area contributed by atoms with Gasteiger partial charge in [-0.3, -0.25) is 0 Å². The van der Waals surface area contributed by atoms with Gasteiger partial charge in [0, 0.05) is 18.1 Å². The summed E-state index contributed by atoms with van der Waals surface area (Å²) in [4.78, 5) is 0. The molecule has 0 saturated heterocycles. The van der Waals surface area contributed by atoms with Gasteiger partial charge in [0.1, 0.15) is 17.4 Å². The molecule has 0 aliphatic heterocycles. The zero-order valence-electron chi connectivity index (χ0n) is 10.1. The second-order valence-electron chi connectivity index (χ2n) is 4.63. The predicted octanol–water partition coefficient (Wildman–Crippen LogP) is 4.81. The molecule has 2 nitrogen and oxygen atoms in total. The minimum Gasteiger partial charge on any atom is -0.469 e. The van der Waals surface area contributed by atoms with E-state index in [1.54, 1.807) is 6.26 Å². The monoisotopic (exact) mass is 327 g/mol. The van der Waals surface area contributed by atoms with E-state index in [4.69, 9.17) is 4.42 Å². The SMILES string of the molecule is Fc1cc(F)c(NC2CCCc3occc32)cc1Br. The molecular formula is C14H12BrF2NO. The van der Waals surface area contributed by atoms with Crippen molar-refractivity contribution in [2.24, 2.45) is 0 Å². The normalized spacial score (nSPS) is 18.2. The van der Waals surface area contributed by atoms with E-state index < -0.39 is 11.6 Å². The van der Waals surface area contributed by atoms with Crippen molar-refractivity contribution in [3.8, 4) is 0 Å². The van der Waals surface area contributed by atoms with Crippen molar-refractivity contribution in [3.05, 3.63) is 51.9 Å². The van der Waals surface area contributed by atoms with Crippen LogP contribution in [0.25, 0.3) is 0 Å². The minimum absolute atomic E-state index is 0.00867. The Bertz CT molecular complexity index is 611. The predicted molar refractivity (Wildman–Crippen MR) is 72.1 cm³/mol. The number of rotatable bonds is 2. The third-order valence-corrected chi connectivity index (χ3v) is 4.00. The van der Waals surface area contributed by atoms with Crippen LogP contribution < -0.4 is 5.32 Å². The number of anilines is 1. The van der Waals surface area contributed by atoms with Crippen LogP contribution in [-0.2, 0) is 6.42 Å². The fraction of sp³-hybridized carbons (Fsp3) is 0.286. The van der Waals surface area contributed by atoms with Crippen LogP contribution in [0.15, 0.2) is 33.4 Å². The minimum atomic E-state index is -0.601. The highest BCUT2D eigenvalue weighted by molar-refractivity contribution is 9.10. The lowest BCUT2D eigenvalue weighted by molar-refractivity contribution is 0.460. The summed E-state index contributed by atoms with van der Waals surface area (Å²) < 4.78 is 32.6. The number of aryl methyl sites for hydroxylation is 1. The summed E-state index contributed by atoms with van der Waals surface area (Å²) in [5, 5.41) is 3.13. The van der Waals surface area contributed by atoms with E-state index in [9.17, 15) is 8.78 Å². The van der Waals surface area contributed by atoms with E-state index in [0.717, 1.165) is 36.7 Å². The Balaban J connectivity index is 1.89. The molecule has 1 aromatic carbocycles. The van der Waals surface area contributed by atoms with Crippen LogP contribution in [0.1, 0.15) is 30.2 Å². The van der Waals surface area contributed by atoms with Gasteiger partial charge in [-0.05, 0) is 40.9 Å². The van der Waals surface area contributed by atoms with Crippen LogP contribution in [0, 0.1) is 11.6 Å². The van der Waals surface area contributed by atoms with Gasteiger partial charge in [-0.25, -0.2) is 8.78 Å². The van der Waals surface area contributed by atoms with Gasteiger partial charge in [-0.1, -0.05) is 0 Å². The highest BCUT2D eigenvalue weighted by Crippen LogP contribution is 2.34. The van der Waals surface area contributed by atoms with Crippen molar-refractivity contribution in [2.75, 3.05) is 5.32 Å². The molecule has 1 aliphatic carbocycles. The number of nitrogens with one attached hydrogen (secondary N) is 1. The van der Waals surface area contributed by atoms with Gasteiger partial charge in [0.15, 0.2) is 0 Å². The second kappa shape index (κ2) is 4.96. The van der Waals surface area contributed by atoms with Crippen LogP contribution in [0.3, 0.4) is 0 Å². The molecule has 0 bridgehead atoms. The van der Waals surface area contributed by atoms with Crippen LogP contribution in [0.5, 0.6) is 0 Å². The lowest BCUT2D eigenvalue weighted by atomic mass is 9.93. The molecule has 5 heteroatoms. The molecule has 19 heavy (non-hydrogen) atoms. The summed E-state index contributed by atoms with van der Waals surface area (Å²) in [7, 11) is 0. The molecule has 0 spiro atoms. The first-order chi connectivity index (χ1) is 9.15. The summed E-state index contributed by atoms with van der Waals surface area (Å²) >= 11 is 3.07. The largest absolute Gasteiger partial charge is 0.469 e. The Hall–Kier alpha value is -1.36. The zero-order chi connectivity index (χ0) is 13.4. The molecule has 0 saturated carbocycles. The van der Waals surface area contributed by atoms with Crippen LogP contribution in [0.4, 0.5) is 14.5 Å². The highest BCUT2D eigenvalue weighted by atomic mass is 79.9. The smallest absolute Gasteiger partial charge is 0.149 e. The van der Waals surface area contributed by atoms with Crippen LogP contribution in [-0.4, -0.2) is 0 Å². The van der Waals surface area contributed by atoms with Crippen LogP contribution >= 0.6 is 15.9 Å². The van der Waals surface area contributed by atoms with Crippen molar-refractivity contribution in [1.82, 2.24) is 0 Å². The third kappa shape index (κ3) is 2.39. The molecular weight excluding hydrogens is 316 g/mol. The lowest BCUT2D eigenvalue weighted by Gasteiger charge is -2.24. The summed E-state index contributed by atoms with van der Waals surface area (Å²) in [6, 6.07) is 4.22. The van der Waals surface area contributed by atoms with Gasteiger partial charge < -0.3 is 9.73 Å². The molecule has 1 atom stereocenters. The molecule has 1 aliphatic rings. The number of hydrogen-bond donors (Lipinski definition) is 1. The molecule has 0 radical (unpaired) electrons. The van der Waals surface area contributed by atoms with Gasteiger partial charge >= 0.3 is 0 Å². The van der Waals surface area contributed by atoms with E-state index >= 15 is 0 Å². The molecule has 100 valence electrons. The van der Waals surface area contributed by atoms with Crippen molar-refractivity contribution in [1.29, 1.82) is 0 Å². The fourth-order valence-corrected chi connectivity index (χ4v) is 2.80. The van der Waals surface area contributed by atoms with E-state index in [1.165, 1.54) is 6.07 Å². The van der Waals surface area contributed by atoms with Gasteiger partial charge in [0.05, 0.1) is 22.5 Å². The van der Waals surface area contributed by atoms with E-state index in [2.05, 4.69) is 21.2 Å². The van der Waals surface area contributed by atoms with Crippen molar-refractivity contribution >= 4 is 21.6 Å². The first-order valence-corrected chi connectivity index (χ1v) is 6.92. The summed E-state index contributed by atoms with van der Waals surface area (Å²) in [5.74, 6) is -0.239. The average Bonchev–Trinajstić information content (AvgIpc) is 2.85. The van der Waals surface area contributed by atoms with Crippen molar-refractivity contribution < 1.29 is 13.2 Å². The maximum Gasteiger partial charge on any atom is 0.149 e. The average molecular weight is 328 g/mol. The molecule has 0 amide bonds. The molecule has 0 fully saturated rings. The Morgan fingerprint density at radius 3 is 2.95 bits per heavy atom. The van der Waals surface area contributed by atoms with Crippen molar-refractivity contribution in [3.63, 3.8) is 0 Å². The Morgan fingerprint density at radius 2 is 2.11 bits per heavy atom. The quantitative estimate of drug-likeness (QED) is 0.801. The van der Waals surface area contributed by atoms with E-state index in [1.807, 2.05) is 6.07 Å². The number of fused-ring (bicyclic) bond motifs is 1. The van der Waals surface area contributed by atoms with Crippen LogP contribution in [0.2, 0.25) is 0 Å². The molecule has 2 aromatic rings. The standard InChI is InChI=1S/C14H12BrF2NO/c15-9-6-13(11(17)7-10(9)16)18-12-2-1-3-14-8(12)4-5-19-14/h4-7,12,18H,1-3H2. The van der Waals surface area contributed by atoms with Gasteiger partial charge in [-0.15, -0.1) is 0 Å².